The second kappa shape index (κ2) is 19.6. The summed E-state index contributed by atoms with van der Waals surface area (Å²) in [6, 6.07) is 85.2. The van der Waals surface area contributed by atoms with E-state index in [1.807, 2.05) is 60.7 Å². The maximum absolute atomic E-state index is 16.0. The summed E-state index contributed by atoms with van der Waals surface area (Å²) in [4.78, 5) is 25.0. The van der Waals surface area contributed by atoms with Gasteiger partial charge in [0, 0.05) is 79.4 Å². The summed E-state index contributed by atoms with van der Waals surface area (Å²) < 4.78 is 0. The van der Waals surface area contributed by atoms with Crippen LogP contribution in [0.15, 0.2) is 273 Å². The molecule has 1 atom stereocenters. The number of carbonyl (C=O) groups excluding carboxylic acids is 1. The van der Waals surface area contributed by atoms with Gasteiger partial charge in [-0.3, -0.25) is 4.79 Å². The summed E-state index contributed by atoms with van der Waals surface area (Å²) >= 11 is 0. The maximum atomic E-state index is 16.0. The average Bonchev–Trinajstić information content (AvgIpc) is 3.39. The molecular formula is C62H50N4O. The molecule has 10 rings (SSSR count). The molecule has 0 bridgehead atoms. The maximum Gasteiger partial charge on any atom is 0.193 e. The van der Waals surface area contributed by atoms with E-state index < -0.39 is 0 Å². The van der Waals surface area contributed by atoms with Crippen molar-refractivity contribution in [2.24, 2.45) is 5.92 Å². The van der Waals surface area contributed by atoms with Crippen molar-refractivity contribution in [1.29, 1.82) is 0 Å². The van der Waals surface area contributed by atoms with Gasteiger partial charge in [-0.05, 0) is 140 Å². The summed E-state index contributed by atoms with van der Waals surface area (Å²) in [7, 11) is 0. The van der Waals surface area contributed by atoms with Crippen LogP contribution in [0.4, 0.5) is 62.6 Å². The highest BCUT2D eigenvalue weighted by Crippen LogP contribution is 2.44. The van der Waals surface area contributed by atoms with Gasteiger partial charge in [0.1, 0.15) is 0 Å². The lowest BCUT2D eigenvalue weighted by molar-refractivity contribution is 0.103. The highest BCUT2D eigenvalue weighted by Gasteiger charge is 2.25. The molecule has 0 aromatic heterocycles. The number of carbonyl (C=O) groups is 1. The lowest BCUT2D eigenvalue weighted by Crippen LogP contribution is -2.19. The Bertz CT molecular complexity index is 2900. The van der Waals surface area contributed by atoms with Crippen molar-refractivity contribution < 1.29 is 4.79 Å². The molecule has 1 aliphatic rings. The van der Waals surface area contributed by atoms with Crippen LogP contribution in [-0.2, 0) is 0 Å². The van der Waals surface area contributed by atoms with Gasteiger partial charge in [0.2, 0.25) is 0 Å². The van der Waals surface area contributed by atoms with Crippen molar-refractivity contribution >= 4 is 68.3 Å². The Balaban J connectivity index is 1.23. The molecule has 0 saturated heterocycles. The minimum atomic E-state index is -0.107. The summed E-state index contributed by atoms with van der Waals surface area (Å²) in [6.45, 7) is 2.25. The number of hydrogen-bond acceptors (Lipinski definition) is 5. The molecule has 0 spiro atoms. The summed E-state index contributed by atoms with van der Waals surface area (Å²) in [5.41, 5.74) is 12.4. The predicted molar refractivity (Wildman–Crippen MR) is 280 cm³/mol. The fourth-order valence-corrected chi connectivity index (χ4v) is 8.93. The molecule has 1 aliphatic carbocycles. The first-order chi connectivity index (χ1) is 33.1. The third kappa shape index (κ3) is 9.31. The van der Waals surface area contributed by atoms with Gasteiger partial charge in [-0.1, -0.05) is 146 Å². The van der Waals surface area contributed by atoms with E-state index in [0.29, 0.717) is 17.0 Å². The molecule has 5 heteroatoms. The van der Waals surface area contributed by atoms with E-state index in [9.17, 15) is 0 Å². The molecule has 324 valence electrons. The molecule has 5 nitrogen and oxygen atoms in total. The predicted octanol–water partition coefficient (Wildman–Crippen LogP) is 16.9. The fraction of sp³-hybridized carbons (Fsp3) is 0.0484. The smallest absolute Gasteiger partial charge is 0.193 e. The number of allylic oxidation sites excluding steroid dienone is 3. The topological polar surface area (TPSA) is 30.0 Å². The molecule has 0 aliphatic heterocycles. The van der Waals surface area contributed by atoms with Crippen molar-refractivity contribution in [2.45, 2.75) is 13.3 Å². The second-order valence-electron chi connectivity index (χ2n) is 16.7. The van der Waals surface area contributed by atoms with Crippen LogP contribution in [0.1, 0.15) is 29.3 Å². The van der Waals surface area contributed by atoms with E-state index in [1.165, 1.54) is 0 Å². The number of para-hydroxylation sites is 7. The van der Waals surface area contributed by atoms with Crippen LogP contribution in [0.3, 0.4) is 0 Å². The summed E-state index contributed by atoms with van der Waals surface area (Å²) in [5.74, 6) is 0.236. The van der Waals surface area contributed by atoms with Crippen molar-refractivity contribution in [2.75, 3.05) is 19.6 Å². The van der Waals surface area contributed by atoms with Crippen molar-refractivity contribution in [3.63, 3.8) is 0 Å². The quantitative estimate of drug-likeness (QED) is 0.102. The van der Waals surface area contributed by atoms with Crippen LogP contribution < -0.4 is 19.6 Å². The van der Waals surface area contributed by atoms with Crippen molar-refractivity contribution in [3.8, 4) is 0 Å². The minimum absolute atomic E-state index is 0.107. The molecule has 9 aromatic carbocycles. The molecule has 0 fully saturated rings. The highest BCUT2D eigenvalue weighted by molar-refractivity contribution is 6.12. The van der Waals surface area contributed by atoms with Crippen LogP contribution in [0, 0.1) is 5.92 Å². The molecule has 0 N–H and O–H groups in total. The van der Waals surface area contributed by atoms with Crippen LogP contribution in [0.5, 0.6) is 0 Å². The number of benzene rings is 9. The average molecular weight is 867 g/mol. The van der Waals surface area contributed by atoms with Gasteiger partial charge >= 0.3 is 0 Å². The zero-order valence-electron chi connectivity index (χ0n) is 37.4. The summed E-state index contributed by atoms with van der Waals surface area (Å²) in [6.07, 6.45) is 7.74. The minimum Gasteiger partial charge on any atom is -0.311 e. The molecule has 1 unspecified atom stereocenters. The molecule has 0 saturated carbocycles. The Morgan fingerprint density at radius 2 is 0.597 bits per heavy atom. The molecule has 0 heterocycles. The molecule has 67 heavy (non-hydrogen) atoms. The van der Waals surface area contributed by atoms with Crippen molar-refractivity contribution in [3.05, 3.63) is 284 Å². The largest absolute Gasteiger partial charge is 0.311 e. The van der Waals surface area contributed by atoms with Crippen LogP contribution >= 0.6 is 0 Å². The van der Waals surface area contributed by atoms with Crippen molar-refractivity contribution in [1.82, 2.24) is 0 Å². The SMILES string of the molecule is CC1C=C(N(c2ccccc2)c2cc(C(=O)c3cc(N(c4ccccc4)c4ccccc4)cc(N(c4ccccc4)c4ccccc4)c3)cc(N(c3ccccc3)c3ccccc3)c2)C=CC1. The van der Waals surface area contributed by atoms with Gasteiger partial charge in [0.25, 0.3) is 0 Å². The molecule has 0 radical (unpaired) electrons. The van der Waals surface area contributed by atoms with E-state index in [2.05, 4.69) is 233 Å². The number of rotatable bonds is 14. The first-order valence-corrected chi connectivity index (χ1v) is 22.9. The Hall–Kier alpha value is -8.67. The fourth-order valence-electron chi connectivity index (χ4n) is 8.93. The van der Waals surface area contributed by atoms with Gasteiger partial charge in [-0.2, -0.15) is 0 Å². The number of hydrogen-bond donors (Lipinski definition) is 0. The van der Waals surface area contributed by atoms with E-state index in [1.54, 1.807) is 0 Å². The Morgan fingerprint density at radius 1 is 0.343 bits per heavy atom. The Kier molecular flexibility index (Phi) is 12.4. The second-order valence-corrected chi connectivity index (χ2v) is 16.7. The normalized spacial score (nSPS) is 13.0. The van der Waals surface area contributed by atoms with Crippen LogP contribution in [-0.4, -0.2) is 5.78 Å². The van der Waals surface area contributed by atoms with Gasteiger partial charge in [0.05, 0.1) is 0 Å². The monoisotopic (exact) mass is 866 g/mol. The van der Waals surface area contributed by atoms with E-state index in [4.69, 9.17) is 0 Å². The molecular weight excluding hydrogens is 817 g/mol. The third-order valence-corrected chi connectivity index (χ3v) is 12.0. The standard InChI is InChI=1S/C62H50N4O/c1-47-24-23-39-57(40-47)66(56-37-21-8-22-38-56)61-44-49(43-60(46-61)65(54-33-17-6-18-34-54)55-35-19-7-20-36-55)62(67)48-41-58(63(50-25-9-2-10-26-50)51-27-11-3-12-28-51)45-59(42-48)64(52-29-13-4-14-30-52)53-31-15-5-16-32-53/h2-23,25-47H,24H2,1H3. The van der Waals surface area contributed by atoms with Gasteiger partial charge in [0.15, 0.2) is 5.78 Å². The highest BCUT2D eigenvalue weighted by atomic mass is 16.1. The first kappa shape index (κ1) is 42.3. The molecule has 9 aromatic rings. The third-order valence-electron chi connectivity index (χ3n) is 12.0. The lowest BCUT2D eigenvalue weighted by Gasteiger charge is -2.32. The van der Waals surface area contributed by atoms with Gasteiger partial charge < -0.3 is 19.6 Å². The van der Waals surface area contributed by atoms with E-state index in [-0.39, 0.29) is 5.78 Å². The van der Waals surface area contributed by atoms with E-state index in [0.717, 1.165) is 74.7 Å². The first-order valence-electron chi connectivity index (χ1n) is 22.9. The number of nitrogens with zero attached hydrogens (tertiary/aromatic N) is 4. The molecule has 0 amide bonds. The van der Waals surface area contributed by atoms with Gasteiger partial charge in [-0.15, -0.1) is 0 Å². The van der Waals surface area contributed by atoms with Crippen LogP contribution in [0.25, 0.3) is 0 Å². The van der Waals surface area contributed by atoms with Crippen LogP contribution in [0.2, 0.25) is 0 Å². The Labute approximate surface area is 394 Å². The Morgan fingerprint density at radius 3 is 0.866 bits per heavy atom. The summed E-state index contributed by atoms with van der Waals surface area (Å²) in [5, 5.41) is 0. The zero-order chi connectivity index (χ0) is 45.4. The lowest BCUT2D eigenvalue weighted by atomic mass is 9.97. The zero-order valence-corrected chi connectivity index (χ0v) is 37.4. The number of anilines is 11. The van der Waals surface area contributed by atoms with E-state index >= 15 is 4.79 Å². The number of ketones is 1. The van der Waals surface area contributed by atoms with Gasteiger partial charge in [-0.25, -0.2) is 0 Å².